The maximum absolute atomic E-state index is 9.14. The fraction of sp³-hybridized carbons (Fsp3) is 1.00. The van der Waals surface area contributed by atoms with Crippen molar-refractivity contribution in [3.63, 3.8) is 0 Å². The van der Waals surface area contributed by atoms with Gasteiger partial charge in [-0.15, -0.1) is 0 Å². The Labute approximate surface area is 74.2 Å². The summed E-state index contributed by atoms with van der Waals surface area (Å²) in [6, 6.07) is 0. The van der Waals surface area contributed by atoms with E-state index < -0.39 is 3.42 Å². The minimum atomic E-state index is -1.02. The highest BCUT2D eigenvalue weighted by Crippen LogP contribution is 2.40. The highest BCUT2D eigenvalue weighted by atomic mass is 79.9. The Morgan fingerprint density at radius 1 is 1.12 bits per heavy atom. The number of rotatable bonds is 1. The van der Waals surface area contributed by atoms with Gasteiger partial charge in [0.1, 0.15) is 0 Å². The van der Waals surface area contributed by atoms with Crippen LogP contribution in [0.1, 0.15) is 13.8 Å². The molecule has 0 aliphatic carbocycles. The zero-order valence-corrected chi connectivity index (χ0v) is 9.34. The van der Waals surface area contributed by atoms with Gasteiger partial charge in [0.15, 0.2) is 3.42 Å². The Kier molecular flexibility index (Phi) is 3.01. The molecular weight excluding hydrogens is 304 g/mol. The van der Waals surface area contributed by atoms with Gasteiger partial charge in [-0.3, -0.25) is 0 Å². The average molecular weight is 311 g/mol. The van der Waals surface area contributed by atoms with Gasteiger partial charge in [-0.05, 0) is 45.7 Å². The summed E-state index contributed by atoms with van der Waals surface area (Å²) in [4.78, 5) is 0. The lowest BCUT2D eigenvalue weighted by molar-refractivity contribution is 0.213. The third-order valence-corrected chi connectivity index (χ3v) is 4.34. The molecule has 0 bridgehead atoms. The first-order chi connectivity index (χ1) is 3.25. The Hall–Kier alpha value is 1.40. The summed E-state index contributed by atoms with van der Waals surface area (Å²) < 4.78 is -1.38. The molecule has 0 saturated carbocycles. The minimum absolute atomic E-state index is 0.361. The Balaban J connectivity index is 4.02. The molecule has 0 heterocycles. The predicted molar refractivity (Wildman–Crippen MR) is 45.8 cm³/mol. The minimum Gasteiger partial charge on any atom is -0.368 e. The van der Waals surface area contributed by atoms with E-state index in [0.717, 1.165) is 0 Å². The molecular formula is C4H7Br3O. The number of hydrogen-bond donors (Lipinski definition) is 1. The fourth-order valence-electron chi connectivity index (χ4n) is 0. The van der Waals surface area contributed by atoms with Gasteiger partial charge >= 0.3 is 0 Å². The molecule has 50 valence electrons. The normalized spacial score (nSPS) is 14.2. The summed E-state index contributed by atoms with van der Waals surface area (Å²) in [6.07, 6.45) is 0. The first kappa shape index (κ1) is 9.40. The zero-order valence-electron chi connectivity index (χ0n) is 4.58. The molecule has 0 saturated heterocycles. The third kappa shape index (κ3) is 2.80. The van der Waals surface area contributed by atoms with Crippen LogP contribution in [0.25, 0.3) is 0 Å². The van der Waals surface area contributed by atoms with E-state index >= 15 is 0 Å². The lowest BCUT2D eigenvalue weighted by atomic mass is 10.2. The van der Waals surface area contributed by atoms with Crippen molar-refractivity contribution >= 4 is 47.8 Å². The highest BCUT2D eigenvalue weighted by Gasteiger charge is 2.36. The van der Waals surface area contributed by atoms with Crippen molar-refractivity contribution in [1.82, 2.24) is 0 Å². The predicted octanol–water partition coefficient (Wildman–Crippen LogP) is 2.60. The van der Waals surface area contributed by atoms with E-state index in [1.807, 2.05) is 13.8 Å². The molecule has 0 unspecified atom stereocenters. The Bertz CT molecular complexity index is 66.3. The summed E-state index contributed by atoms with van der Waals surface area (Å²) in [5, 5.41) is 9.14. The molecule has 1 nitrogen and oxygen atoms in total. The van der Waals surface area contributed by atoms with Crippen LogP contribution >= 0.6 is 47.8 Å². The van der Waals surface area contributed by atoms with Crippen LogP contribution in [0.4, 0.5) is 0 Å². The fourth-order valence-corrected chi connectivity index (χ4v) is 0. The van der Waals surface area contributed by atoms with Crippen LogP contribution in [0.5, 0.6) is 0 Å². The monoisotopic (exact) mass is 308 g/mol. The highest BCUT2D eigenvalue weighted by molar-refractivity contribution is 9.26. The molecule has 0 aliphatic heterocycles. The molecule has 4 heteroatoms. The average Bonchev–Trinajstić information content (AvgIpc) is 1.25. The maximum Gasteiger partial charge on any atom is 0.189 e. The third-order valence-electron chi connectivity index (χ3n) is 0.715. The van der Waals surface area contributed by atoms with E-state index in [2.05, 4.69) is 47.8 Å². The van der Waals surface area contributed by atoms with Crippen molar-refractivity contribution in [2.75, 3.05) is 0 Å². The van der Waals surface area contributed by atoms with E-state index in [4.69, 9.17) is 5.11 Å². The molecule has 1 N–H and O–H groups in total. The SMILES string of the molecule is CC(C)(Br)C(O)(Br)Br. The number of hydrogen-bond acceptors (Lipinski definition) is 1. The van der Waals surface area contributed by atoms with Crippen molar-refractivity contribution in [1.29, 1.82) is 0 Å². The topological polar surface area (TPSA) is 20.2 Å². The molecule has 0 fully saturated rings. The van der Waals surface area contributed by atoms with Crippen LogP contribution in [-0.2, 0) is 0 Å². The van der Waals surface area contributed by atoms with Gasteiger partial charge in [0.25, 0.3) is 0 Å². The summed E-state index contributed by atoms with van der Waals surface area (Å²) in [5.74, 6) is 0. The van der Waals surface area contributed by atoms with Gasteiger partial charge in [-0.2, -0.15) is 0 Å². The van der Waals surface area contributed by atoms with Gasteiger partial charge < -0.3 is 5.11 Å². The van der Waals surface area contributed by atoms with Crippen LogP contribution in [0.2, 0.25) is 0 Å². The molecule has 0 aromatic heterocycles. The summed E-state index contributed by atoms with van der Waals surface area (Å²) in [5.41, 5.74) is 0. The second-order valence-corrected chi connectivity index (χ2v) is 7.36. The molecule has 0 rings (SSSR count). The summed E-state index contributed by atoms with van der Waals surface area (Å²) in [7, 11) is 0. The van der Waals surface area contributed by atoms with Crippen molar-refractivity contribution in [2.24, 2.45) is 0 Å². The second-order valence-electron chi connectivity index (χ2n) is 2.01. The molecule has 8 heavy (non-hydrogen) atoms. The van der Waals surface area contributed by atoms with E-state index in [1.54, 1.807) is 0 Å². The van der Waals surface area contributed by atoms with Crippen LogP contribution in [0.3, 0.4) is 0 Å². The van der Waals surface area contributed by atoms with Crippen molar-refractivity contribution in [3.05, 3.63) is 0 Å². The molecule has 0 spiro atoms. The second kappa shape index (κ2) is 2.56. The van der Waals surface area contributed by atoms with E-state index in [-0.39, 0.29) is 4.32 Å². The quantitative estimate of drug-likeness (QED) is 0.738. The van der Waals surface area contributed by atoms with Crippen LogP contribution in [0.15, 0.2) is 0 Å². The summed E-state index contributed by atoms with van der Waals surface area (Å²) in [6.45, 7) is 3.69. The first-order valence-electron chi connectivity index (χ1n) is 2.04. The number of halogens is 3. The van der Waals surface area contributed by atoms with E-state index in [9.17, 15) is 0 Å². The number of aliphatic hydroxyl groups is 1. The first-order valence-corrected chi connectivity index (χ1v) is 4.42. The lowest BCUT2D eigenvalue weighted by Gasteiger charge is -2.26. The Morgan fingerprint density at radius 3 is 1.25 bits per heavy atom. The van der Waals surface area contributed by atoms with Crippen LogP contribution in [0, 0.1) is 0 Å². The summed E-state index contributed by atoms with van der Waals surface area (Å²) >= 11 is 9.30. The molecule has 0 aromatic carbocycles. The maximum atomic E-state index is 9.14. The van der Waals surface area contributed by atoms with Gasteiger partial charge in [-0.25, -0.2) is 0 Å². The van der Waals surface area contributed by atoms with Crippen molar-refractivity contribution in [2.45, 2.75) is 21.6 Å². The molecule has 0 amide bonds. The molecule has 0 aliphatic rings. The van der Waals surface area contributed by atoms with Gasteiger partial charge in [0.2, 0.25) is 0 Å². The van der Waals surface area contributed by atoms with Gasteiger partial charge in [0.05, 0.1) is 4.32 Å². The molecule has 0 atom stereocenters. The van der Waals surface area contributed by atoms with E-state index in [0.29, 0.717) is 0 Å². The molecule has 0 aromatic rings. The Morgan fingerprint density at radius 2 is 1.25 bits per heavy atom. The van der Waals surface area contributed by atoms with Crippen molar-refractivity contribution in [3.8, 4) is 0 Å². The van der Waals surface area contributed by atoms with Crippen LogP contribution in [-0.4, -0.2) is 12.9 Å². The van der Waals surface area contributed by atoms with Crippen molar-refractivity contribution < 1.29 is 5.11 Å². The van der Waals surface area contributed by atoms with Gasteiger partial charge in [-0.1, -0.05) is 15.9 Å². The van der Waals surface area contributed by atoms with Gasteiger partial charge in [0, 0.05) is 0 Å². The zero-order chi connectivity index (χ0) is 7.00. The lowest BCUT2D eigenvalue weighted by Crippen LogP contribution is -2.33. The van der Waals surface area contributed by atoms with Crippen LogP contribution < -0.4 is 0 Å². The molecule has 0 radical (unpaired) electrons. The standard InChI is InChI=1S/C4H7Br3O/c1-3(2,5)4(6,7)8/h8H,1-2H3. The largest absolute Gasteiger partial charge is 0.368 e. The van der Waals surface area contributed by atoms with E-state index in [1.165, 1.54) is 0 Å². The number of alkyl halides is 3. The smallest absolute Gasteiger partial charge is 0.189 e.